The van der Waals surface area contributed by atoms with E-state index in [4.69, 9.17) is 4.42 Å². The summed E-state index contributed by atoms with van der Waals surface area (Å²) >= 11 is 1.49. The average Bonchev–Trinajstić information content (AvgIpc) is 3.51. The Labute approximate surface area is 174 Å². The average molecular weight is 409 g/mol. The van der Waals surface area contributed by atoms with Gasteiger partial charge >= 0.3 is 0 Å². The van der Waals surface area contributed by atoms with E-state index >= 15 is 0 Å². The van der Waals surface area contributed by atoms with E-state index in [1.165, 1.54) is 17.6 Å². The largest absolute Gasteiger partial charge is 0.459 e. The molecule has 2 aromatic heterocycles. The fourth-order valence-electron chi connectivity index (χ4n) is 3.82. The number of carbonyl (C=O) groups is 2. The molecule has 0 spiro atoms. The number of thiophene rings is 1. The normalized spacial score (nSPS) is 15.2. The minimum absolute atomic E-state index is 0.129. The van der Waals surface area contributed by atoms with Crippen molar-refractivity contribution in [3.63, 3.8) is 0 Å². The van der Waals surface area contributed by atoms with Crippen molar-refractivity contribution in [3.8, 4) is 0 Å². The molecule has 1 aliphatic carbocycles. The Hall–Kier alpha value is -2.86. The third-order valence-electron chi connectivity index (χ3n) is 5.26. The Balaban J connectivity index is 1.68. The third-order valence-corrected chi connectivity index (χ3v) is 6.19. The van der Waals surface area contributed by atoms with E-state index in [1.807, 2.05) is 47.8 Å². The maximum absolute atomic E-state index is 13.4. The lowest BCUT2D eigenvalue weighted by atomic mass is 10.1. The molecule has 2 heterocycles. The molecule has 150 valence electrons. The minimum atomic E-state index is -0.701. The number of benzene rings is 1. The topological polar surface area (TPSA) is 62.6 Å². The van der Waals surface area contributed by atoms with Gasteiger partial charge in [-0.05, 0) is 42.0 Å². The summed E-state index contributed by atoms with van der Waals surface area (Å²) in [5.74, 6) is -0.190. The number of amides is 2. The zero-order valence-corrected chi connectivity index (χ0v) is 16.9. The van der Waals surface area contributed by atoms with Crippen molar-refractivity contribution in [1.82, 2.24) is 10.2 Å². The van der Waals surface area contributed by atoms with Gasteiger partial charge in [0, 0.05) is 17.5 Å². The molecule has 5 nitrogen and oxygen atoms in total. The van der Waals surface area contributed by atoms with Crippen LogP contribution in [0.5, 0.6) is 0 Å². The first-order valence-corrected chi connectivity index (χ1v) is 10.8. The molecular weight excluding hydrogens is 384 g/mol. The lowest BCUT2D eigenvalue weighted by Gasteiger charge is -2.31. The predicted octanol–water partition coefficient (Wildman–Crippen LogP) is 4.78. The fourth-order valence-corrected chi connectivity index (χ4v) is 4.66. The summed E-state index contributed by atoms with van der Waals surface area (Å²) in [6, 6.07) is 16.4. The second-order valence-corrected chi connectivity index (χ2v) is 8.28. The summed E-state index contributed by atoms with van der Waals surface area (Å²) in [7, 11) is 0. The predicted molar refractivity (Wildman–Crippen MR) is 112 cm³/mol. The van der Waals surface area contributed by atoms with Crippen molar-refractivity contribution in [2.45, 2.75) is 44.3 Å². The smallest absolute Gasteiger partial charge is 0.290 e. The van der Waals surface area contributed by atoms with Gasteiger partial charge < -0.3 is 14.6 Å². The van der Waals surface area contributed by atoms with Gasteiger partial charge in [0.1, 0.15) is 6.04 Å². The zero-order chi connectivity index (χ0) is 20.1. The zero-order valence-electron chi connectivity index (χ0n) is 16.1. The summed E-state index contributed by atoms with van der Waals surface area (Å²) in [4.78, 5) is 29.2. The number of hydrogen-bond donors (Lipinski definition) is 1. The minimum Gasteiger partial charge on any atom is -0.459 e. The van der Waals surface area contributed by atoms with Crippen LogP contribution in [0.3, 0.4) is 0 Å². The van der Waals surface area contributed by atoms with E-state index in [2.05, 4.69) is 5.32 Å². The summed E-state index contributed by atoms with van der Waals surface area (Å²) in [6.07, 6.45) is 5.73. The number of nitrogens with zero attached hydrogens (tertiary/aromatic N) is 1. The second kappa shape index (κ2) is 9.09. The summed E-state index contributed by atoms with van der Waals surface area (Å²) in [6.45, 7) is 0.320. The SMILES string of the molecule is O=C(NC1CCCC1)[C@@H](c1cccs1)N(Cc1ccccc1)C(=O)c1ccco1. The molecule has 4 rings (SSSR count). The van der Waals surface area contributed by atoms with Crippen LogP contribution in [0.25, 0.3) is 0 Å². The molecule has 1 aromatic carbocycles. The molecule has 0 unspecified atom stereocenters. The number of nitrogens with one attached hydrogen (secondary N) is 1. The highest BCUT2D eigenvalue weighted by Crippen LogP contribution is 2.30. The number of furan rings is 1. The van der Waals surface area contributed by atoms with Crippen LogP contribution in [0.15, 0.2) is 70.7 Å². The Morgan fingerprint density at radius 2 is 1.86 bits per heavy atom. The van der Waals surface area contributed by atoms with Gasteiger partial charge in [0.05, 0.1) is 6.26 Å². The van der Waals surface area contributed by atoms with Crippen LogP contribution in [0.2, 0.25) is 0 Å². The molecule has 0 aliphatic heterocycles. The van der Waals surface area contributed by atoms with Crippen molar-refractivity contribution in [2.24, 2.45) is 0 Å². The van der Waals surface area contributed by atoms with E-state index < -0.39 is 6.04 Å². The molecular formula is C23H24N2O3S. The van der Waals surface area contributed by atoms with E-state index in [0.29, 0.717) is 6.54 Å². The summed E-state index contributed by atoms with van der Waals surface area (Å²) in [5.41, 5.74) is 0.961. The molecule has 1 N–H and O–H groups in total. The number of carbonyl (C=O) groups excluding carboxylic acids is 2. The first-order chi connectivity index (χ1) is 14.2. The van der Waals surface area contributed by atoms with Gasteiger partial charge in [-0.15, -0.1) is 11.3 Å². The van der Waals surface area contributed by atoms with E-state index in [0.717, 1.165) is 36.1 Å². The molecule has 29 heavy (non-hydrogen) atoms. The van der Waals surface area contributed by atoms with E-state index in [1.54, 1.807) is 17.0 Å². The molecule has 6 heteroatoms. The highest BCUT2D eigenvalue weighted by Gasteiger charge is 2.35. The third kappa shape index (κ3) is 4.59. The fraction of sp³-hybridized carbons (Fsp3) is 0.304. The second-order valence-electron chi connectivity index (χ2n) is 7.30. The monoisotopic (exact) mass is 408 g/mol. The number of hydrogen-bond acceptors (Lipinski definition) is 4. The van der Waals surface area contributed by atoms with Crippen LogP contribution in [0.1, 0.15) is 52.7 Å². The van der Waals surface area contributed by atoms with Crippen LogP contribution in [0.4, 0.5) is 0 Å². The van der Waals surface area contributed by atoms with Crippen LogP contribution in [0, 0.1) is 0 Å². The van der Waals surface area contributed by atoms with Crippen LogP contribution < -0.4 is 5.32 Å². The first kappa shape index (κ1) is 19.5. The molecule has 1 saturated carbocycles. The summed E-state index contributed by atoms with van der Waals surface area (Å²) in [5, 5.41) is 5.11. The van der Waals surface area contributed by atoms with E-state index in [-0.39, 0.29) is 23.6 Å². The van der Waals surface area contributed by atoms with Crippen LogP contribution in [-0.2, 0) is 11.3 Å². The standard InChI is InChI=1S/C23H24N2O3S/c26-22(24-18-10-4-5-11-18)21(20-13-7-15-29-20)25(16-17-8-2-1-3-9-17)23(27)19-12-6-14-28-19/h1-3,6-9,12-15,18,21H,4-5,10-11,16H2,(H,24,26)/t21-/m1/s1. The molecule has 2 amide bonds. The van der Waals surface area contributed by atoms with Gasteiger partial charge in [-0.1, -0.05) is 49.2 Å². The molecule has 0 saturated heterocycles. The molecule has 3 aromatic rings. The first-order valence-electron chi connectivity index (χ1n) is 9.94. The van der Waals surface area contributed by atoms with Crippen molar-refractivity contribution >= 4 is 23.2 Å². The highest BCUT2D eigenvalue weighted by molar-refractivity contribution is 7.10. The maximum atomic E-state index is 13.4. The van der Waals surface area contributed by atoms with Crippen molar-refractivity contribution in [1.29, 1.82) is 0 Å². The molecule has 0 radical (unpaired) electrons. The summed E-state index contributed by atoms with van der Waals surface area (Å²) < 4.78 is 5.38. The quantitative estimate of drug-likeness (QED) is 0.612. The number of rotatable bonds is 7. The molecule has 1 fully saturated rings. The van der Waals surface area contributed by atoms with Gasteiger partial charge in [-0.25, -0.2) is 0 Å². The lowest BCUT2D eigenvalue weighted by Crippen LogP contribution is -2.45. The van der Waals surface area contributed by atoms with Crippen molar-refractivity contribution in [3.05, 3.63) is 82.4 Å². The van der Waals surface area contributed by atoms with Gasteiger partial charge in [0.2, 0.25) is 5.91 Å². The molecule has 1 aliphatic rings. The van der Waals surface area contributed by atoms with Gasteiger partial charge in [-0.2, -0.15) is 0 Å². The Kier molecular flexibility index (Phi) is 6.10. The van der Waals surface area contributed by atoms with Crippen LogP contribution >= 0.6 is 11.3 Å². The highest BCUT2D eigenvalue weighted by atomic mass is 32.1. The lowest BCUT2D eigenvalue weighted by molar-refractivity contribution is -0.126. The van der Waals surface area contributed by atoms with Gasteiger partial charge in [-0.3, -0.25) is 9.59 Å². The van der Waals surface area contributed by atoms with Crippen molar-refractivity contribution in [2.75, 3.05) is 0 Å². The van der Waals surface area contributed by atoms with Gasteiger partial charge in [0.15, 0.2) is 5.76 Å². The Morgan fingerprint density at radius 1 is 1.07 bits per heavy atom. The maximum Gasteiger partial charge on any atom is 0.290 e. The Bertz CT molecular complexity index is 916. The van der Waals surface area contributed by atoms with E-state index in [9.17, 15) is 9.59 Å². The molecule has 1 atom stereocenters. The molecule has 0 bridgehead atoms. The van der Waals surface area contributed by atoms with Gasteiger partial charge in [0.25, 0.3) is 5.91 Å². The van der Waals surface area contributed by atoms with Crippen LogP contribution in [-0.4, -0.2) is 22.8 Å². The Morgan fingerprint density at radius 3 is 2.52 bits per heavy atom. The van der Waals surface area contributed by atoms with Crippen molar-refractivity contribution < 1.29 is 14.0 Å².